The number of benzene rings is 1. The Balaban J connectivity index is 1.83. The van der Waals surface area contributed by atoms with Gasteiger partial charge in [0.15, 0.2) is 0 Å². The number of aromatic nitrogens is 1. The highest BCUT2D eigenvalue weighted by molar-refractivity contribution is 7.09. The molecule has 0 unspecified atom stereocenters. The molecule has 0 aliphatic heterocycles. The number of carbonyl (C=O) groups excluding carboxylic acids is 1. The van der Waals surface area contributed by atoms with E-state index in [1.54, 1.807) is 17.5 Å². The lowest BCUT2D eigenvalue weighted by Crippen LogP contribution is -2.32. The average molecular weight is 286 g/mol. The molecule has 0 atom stereocenters. The molecule has 1 aliphatic carbocycles. The Hall–Kier alpha value is -1.68. The van der Waals surface area contributed by atoms with Crippen LogP contribution < -0.4 is 0 Å². The van der Waals surface area contributed by atoms with Crippen molar-refractivity contribution in [3.8, 4) is 0 Å². The third kappa shape index (κ3) is 2.75. The summed E-state index contributed by atoms with van der Waals surface area (Å²) in [6, 6.07) is 6.35. The number of hydrogen-bond donors (Lipinski definition) is 0. The monoisotopic (exact) mass is 286 g/mol. The van der Waals surface area contributed by atoms with Gasteiger partial charge in [0.2, 0.25) is 0 Å². The van der Waals surface area contributed by atoms with Crippen molar-refractivity contribution in [2.24, 2.45) is 0 Å². The summed E-state index contributed by atoms with van der Waals surface area (Å²) in [5.41, 5.74) is 3.18. The summed E-state index contributed by atoms with van der Waals surface area (Å²) >= 11 is 1.61. The molecule has 3 rings (SSSR count). The normalized spacial score (nSPS) is 14.3. The molecular formula is C16H18N2OS. The van der Waals surface area contributed by atoms with Crippen LogP contribution in [0.25, 0.3) is 0 Å². The van der Waals surface area contributed by atoms with E-state index in [2.05, 4.69) is 18.8 Å². The first kappa shape index (κ1) is 13.3. The summed E-state index contributed by atoms with van der Waals surface area (Å²) in [5, 5.41) is 2.97. The van der Waals surface area contributed by atoms with Crippen molar-refractivity contribution >= 4 is 17.2 Å². The molecule has 1 saturated carbocycles. The Bertz CT molecular complexity index is 617. The highest BCUT2D eigenvalue weighted by Gasteiger charge is 2.33. The largest absolute Gasteiger partial charge is 0.329 e. The Kier molecular flexibility index (Phi) is 3.57. The van der Waals surface area contributed by atoms with Crippen LogP contribution in [0.2, 0.25) is 0 Å². The van der Waals surface area contributed by atoms with Gasteiger partial charge in [0.1, 0.15) is 5.01 Å². The predicted octanol–water partition coefficient (Wildman–Crippen LogP) is 3.56. The van der Waals surface area contributed by atoms with Gasteiger partial charge < -0.3 is 4.90 Å². The van der Waals surface area contributed by atoms with E-state index in [1.165, 1.54) is 11.1 Å². The lowest BCUT2D eigenvalue weighted by atomic mass is 10.1. The zero-order valence-corrected chi connectivity index (χ0v) is 12.6. The van der Waals surface area contributed by atoms with E-state index >= 15 is 0 Å². The van der Waals surface area contributed by atoms with Gasteiger partial charge in [-0.2, -0.15) is 0 Å². The molecule has 1 amide bonds. The molecular weight excluding hydrogens is 268 g/mol. The number of hydrogen-bond acceptors (Lipinski definition) is 3. The Morgan fingerprint density at radius 3 is 2.75 bits per heavy atom. The Morgan fingerprint density at radius 1 is 1.35 bits per heavy atom. The molecule has 1 aromatic carbocycles. The number of carbonyl (C=O) groups is 1. The van der Waals surface area contributed by atoms with Crippen molar-refractivity contribution in [2.45, 2.75) is 39.3 Å². The first-order valence-electron chi connectivity index (χ1n) is 6.92. The third-order valence-electron chi connectivity index (χ3n) is 3.79. The molecule has 20 heavy (non-hydrogen) atoms. The maximum atomic E-state index is 12.7. The molecule has 104 valence electrons. The van der Waals surface area contributed by atoms with Gasteiger partial charge in [0.25, 0.3) is 5.91 Å². The summed E-state index contributed by atoms with van der Waals surface area (Å²) in [6.07, 6.45) is 4.02. The van der Waals surface area contributed by atoms with Crippen molar-refractivity contribution in [3.05, 3.63) is 51.5 Å². The van der Waals surface area contributed by atoms with E-state index in [1.807, 2.05) is 28.5 Å². The second kappa shape index (κ2) is 5.37. The van der Waals surface area contributed by atoms with Crippen molar-refractivity contribution < 1.29 is 4.79 Å². The van der Waals surface area contributed by atoms with Gasteiger partial charge in [0.05, 0.1) is 6.54 Å². The lowest BCUT2D eigenvalue weighted by molar-refractivity contribution is 0.0729. The van der Waals surface area contributed by atoms with Gasteiger partial charge in [0, 0.05) is 23.2 Å². The Morgan fingerprint density at radius 2 is 2.15 bits per heavy atom. The number of thiazole rings is 1. The van der Waals surface area contributed by atoms with Gasteiger partial charge in [-0.3, -0.25) is 4.79 Å². The fourth-order valence-corrected chi connectivity index (χ4v) is 2.88. The van der Waals surface area contributed by atoms with E-state index in [9.17, 15) is 4.79 Å². The maximum Gasteiger partial charge on any atom is 0.254 e. The Labute approximate surface area is 123 Å². The van der Waals surface area contributed by atoms with E-state index < -0.39 is 0 Å². The lowest BCUT2D eigenvalue weighted by Gasteiger charge is -2.21. The highest BCUT2D eigenvalue weighted by Crippen LogP contribution is 2.30. The molecule has 3 nitrogen and oxygen atoms in total. The van der Waals surface area contributed by atoms with Crippen molar-refractivity contribution in [3.63, 3.8) is 0 Å². The second-order valence-electron chi connectivity index (χ2n) is 5.39. The molecule has 1 aromatic heterocycles. The van der Waals surface area contributed by atoms with Crippen molar-refractivity contribution in [2.75, 3.05) is 0 Å². The number of nitrogens with zero attached hydrogens (tertiary/aromatic N) is 2. The molecule has 1 aliphatic rings. The second-order valence-corrected chi connectivity index (χ2v) is 6.37. The van der Waals surface area contributed by atoms with E-state index in [4.69, 9.17) is 0 Å². The summed E-state index contributed by atoms with van der Waals surface area (Å²) in [5.74, 6) is 0.130. The average Bonchev–Trinajstić information content (AvgIpc) is 3.15. The van der Waals surface area contributed by atoms with Crippen LogP contribution in [-0.4, -0.2) is 21.8 Å². The van der Waals surface area contributed by atoms with Crippen LogP contribution >= 0.6 is 11.3 Å². The maximum absolute atomic E-state index is 12.7. The minimum Gasteiger partial charge on any atom is -0.329 e. The van der Waals surface area contributed by atoms with Crippen LogP contribution in [0.1, 0.15) is 39.3 Å². The highest BCUT2D eigenvalue weighted by atomic mass is 32.1. The zero-order valence-electron chi connectivity index (χ0n) is 11.8. The molecule has 0 saturated heterocycles. The molecule has 0 spiro atoms. The molecule has 1 fully saturated rings. The minimum atomic E-state index is 0.130. The predicted molar refractivity (Wildman–Crippen MR) is 80.9 cm³/mol. The number of aryl methyl sites for hydroxylation is 2. The van der Waals surface area contributed by atoms with Gasteiger partial charge in [-0.25, -0.2) is 4.98 Å². The molecule has 4 heteroatoms. The molecule has 0 bridgehead atoms. The minimum absolute atomic E-state index is 0.130. The van der Waals surface area contributed by atoms with E-state index in [0.29, 0.717) is 12.6 Å². The molecule has 0 N–H and O–H groups in total. The van der Waals surface area contributed by atoms with Gasteiger partial charge in [-0.1, -0.05) is 6.07 Å². The summed E-state index contributed by atoms with van der Waals surface area (Å²) in [4.78, 5) is 19.0. The van der Waals surface area contributed by atoms with Gasteiger partial charge in [-0.05, 0) is 49.9 Å². The van der Waals surface area contributed by atoms with Crippen LogP contribution in [0.5, 0.6) is 0 Å². The summed E-state index contributed by atoms with van der Waals surface area (Å²) in [6.45, 7) is 4.75. The topological polar surface area (TPSA) is 33.2 Å². The van der Waals surface area contributed by atoms with Crippen LogP contribution in [0.15, 0.2) is 29.8 Å². The number of amides is 1. The van der Waals surface area contributed by atoms with Gasteiger partial charge in [-0.15, -0.1) is 11.3 Å². The SMILES string of the molecule is Cc1ccc(C(=O)N(Cc2nccs2)C2CC2)cc1C. The van der Waals surface area contributed by atoms with E-state index in [-0.39, 0.29) is 5.91 Å². The fourth-order valence-electron chi connectivity index (χ4n) is 2.27. The summed E-state index contributed by atoms with van der Waals surface area (Å²) in [7, 11) is 0. The zero-order chi connectivity index (χ0) is 14.1. The van der Waals surface area contributed by atoms with Crippen LogP contribution in [0.4, 0.5) is 0 Å². The first-order valence-corrected chi connectivity index (χ1v) is 7.79. The third-order valence-corrected chi connectivity index (χ3v) is 4.56. The van der Waals surface area contributed by atoms with Crippen LogP contribution in [-0.2, 0) is 6.54 Å². The fraction of sp³-hybridized carbons (Fsp3) is 0.375. The molecule has 1 heterocycles. The van der Waals surface area contributed by atoms with Crippen molar-refractivity contribution in [1.82, 2.24) is 9.88 Å². The van der Waals surface area contributed by atoms with Gasteiger partial charge >= 0.3 is 0 Å². The molecule has 2 aromatic rings. The standard InChI is InChI=1S/C16H18N2OS/c1-11-3-4-13(9-12(11)2)16(19)18(14-5-6-14)10-15-17-7-8-20-15/h3-4,7-9,14H,5-6,10H2,1-2H3. The quantitative estimate of drug-likeness (QED) is 0.861. The first-order chi connectivity index (χ1) is 9.65. The van der Waals surface area contributed by atoms with Crippen LogP contribution in [0, 0.1) is 13.8 Å². The van der Waals surface area contributed by atoms with Crippen molar-refractivity contribution in [1.29, 1.82) is 0 Å². The summed E-state index contributed by atoms with van der Waals surface area (Å²) < 4.78 is 0. The van der Waals surface area contributed by atoms with E-state index in [0.717, 1.165) is 23.4 Å². The van der Waals surface area contributed by atoms with Crippen LogP contribution in [0.3, 0.4) is 0 Å². The number of rotatable bonds is 4. The molecule has 0 radical (unpaired) electrons. The smallest absolute Gasteiger partial charge is 0.254 e.